The van der Waals surface area contributed by atoms with Gasteiger partial charge in [-0.05, 0) is 38.3 Å². The van der Waals surface area contributed by atoms with Crippen LogP contribution in [0.1, 0.15) is 35.3 Å². The molecule has 0 aliphatic heterocycles. The van der Waals surface area contributed by atoms with Gasteiger partial charge < -0.3 is 10.0 Å². The van der Waals surface area contributed by atoms with Crippen molar-refractivity contribution in [2.24, 2.45) is 0 Å². The van der Waals surface area contributed by atoms with Crippen LogP contribution in [0.5, 0.6) is 0 Å². The van der Waals surface area contributed by atoms with Gasteiger partial charge in [0.2, 0.25) is 0 Å². The first-order valence-corrected chi connectivity index (χ1v) is 6.07. The molecule has 2 rings (SSSR count). The van der Waals surface area contributed by atoms with Crippen molar-refractivity contribution >= 4 is 5.91 Å². The summed E-state index contributed by atoms with van der Waals surface area (Å²) in [7, 11) is 0. The summed E-state index contributed by atoms with van der Waals surface area (Å²) in [5.74, 6) is 0.00856. The fourth-order valence-corrected chi connectivity index (χ4v) is 2.10. The number of aromatic nitrogens is 1. The van der Waals surface area contributed by atoms with Crippen LogP contribution in [0.4, 0.5) is 0 Å². The summed E-state index contributed by atoms with van der Waals surface area (Å²) in [5, 5.41) is 9.05. The standard InChI is InChI=1S/C13H18N2O2/c1-10-9-11(5-6-14-10)13(17)15(7-8-16)12-3-2-4-12/h5-6,9,12,16H,2-4,7-8H2,1H3. The minimum atomic E-state index is 0.00856. The Hall–Kier alpha value is -1.42. The van der Waals surface area contributed by atoms with Crippen LogP contribution in [0.3, 0.4) is 0 Å². The van der Waals surface area contributed by atoms with Gasteiger partial charge in [0.15, 0.2) is 0 Å². The number of hydrogen-bond acceptors (Lipinski definition) is 3. The van der Waals surface area contributed by atoms with Crippen molar-refractivity contribution in [3.8, 4) is 0 Å². The van der Waals surface area contributed by atoms with Crippen LogP contribution < -0.4 is 0 Å². The first-order valence-electron chi connectivity index (χ1n) is 6.07. The highest BCUT2D eigenvalue weighted by molar-refractivity contribution is 5.94. The highest BCUT2D eigenvalue weighted by Crippen LogP contribution is 2.25. The molecule has 0 saturated heterocycles. The van der Waals surface area contributed by atoms with Crippen LogP contribution in [0.15, 0.2) is 18.3 Å². The number of aryl methyl sites for hydroxylation is 1. The average Bonchev–Trinajstić information content (AvgIpc) is 2.25. The lowest BCUT2D eigenvalue weighted by Crippen LogP contribution is -2.45. The fraction of sp³-hybridized carbons (Fsp3) is 0.538. The Balaban J connectivity index is 2.15. The van der Waals surface area contributed by atoms with Crippen molar-refractivity contribution in [3.63, 3.8) is 0 Å². The Morgan fingerprint density at radius 1 is 1.59 bits per heavy atom. The average molecular weight is 234 g/mol. The number of carbonyl (C=O) groups is 1. The molecule has 1 N–H and O–H groups in total. The molecule has 92 valence electrons. The smallest absolute Gasteiger partial charge is 0.254 e. The van der Waals surface area contributed by atoms with Gasteiger partial charge in [-0.15, -0.1) is 0 Å². The van der Waals surface area contributed by atoms with Crippen molar-refractivity contribution in [2.45, 2.75) is 32.2 Å². The molecule has 0 spiro atoms. The summed E-state index contributed by atoms with van der Waals surface area (Å²) < 4.78 is 0. The van der Waals surface area contributed by atoms with Crippen molar-refractivity contribution in [1.82, 2.24) is 9.88 Å². The molecule has 0 radical (unpaired) electrons. The molecule has 0 unspecified atom stereocenters. The van der Waals surface area contributed by atoms with Gasteiger partial charge in [0, 0.05) is 30.0 Å². The molecule has 0 aromatic carbocycles. The second-order valence-corrected chi connectivity index (χ2v) is 4.49. The highest BCUT2D eigenvalue weighted by atomic mass is 16.3. The number of carbonyl (C=O) groups excluding carboxylic acids is 1. The molecule has 1 saturated carbocycles. The van der Waals surface area contributed by atoms with Crippen molar-refractivity contribution in [3.05, 3.63) is 29.6 Å². The molecule has 0 bridgehead atoms. The summed E-state index contributed by atoms with van der Waals surface area (Å²) in [6, 6.07) is 3.84. The Bertz CT molecular complexity index is 402. The van der Waals surface area contributed by atoms with E-state index >= 15 is 0 Å². The summed E-state index contributed by atoms with van der Waals surface area (Å²) in [6.45, 7) is 2.31. The molecular formula is C13H18N2O2. The Morgan fingerprint density at radius 2 is 2.35 bits per heavy atom. The second kappa shape index (κ2) is 5.27. The maximum absolute atomic E-state index is 12.3. The molecule has 1 aliphatic rings. The summed E-state index contributed by atoms with van der Waals surface area (Å²) in [5.41, 5.74) is 1.51. The van der Waals surface area contributed by atoms with E-state index in [1.54, 1.807) is 23.2 Å². The maximum Gasteiger partial charge on any atom is 0.254 e. The topological polar surface area (TPSA) is 53.4 Å². The van der Waals surface area contributed by atoms with E-state index in [0.29, 0.717) is 18.2 Å². The highest BCUT2D eigenvalue weighted by Gasteiger charge is 2.28. The van der Waals surface area contributed by atoms with Gasteiger partial charge in [-0.3, -0.25) is 9.78 Å². The summed E-state index contributed by atoms with van der Waals surface area (Å²) in [6.07, 6.45) is 4.93. The quantitative estimate of drug-likeness (QED) is 0.856. The zero-order valence-electron chi connectivity index (χ0n) is 10.1. The van der Waals surface area contributed by atoms with Crippen molar-refractivity contribution < 1.29 is 9.90 Å². The molecule has 1 aromatic heterocycles. The monoisotopic (exact) mass is 234 g/mol. The normalized spacial score (nSPS) is 15.4. The SMILES string of the molecule is Cc1cc(C(=O)N(CCO)C2CCC2)ccn1. The first-order chi connectivity index (χ1) is 8.22. The van der Waals surface area contributed by atoms with E-state index in [9.17, 15) is 4.79 Å². The van der Waals surface area contributed by atoms with Crippen molar-refractivity contribution in [2.75, 3.05) is 13.2 Å². The van der Waals surface area contributed by atoms with Crippen LogP contribution in [0.25, 0.3) is 0 Å². The molecule has 1 aromatic rings. The van der Waals surface area contributed by atoms with Gasteiger partial charge in [-0.1, -0.05) is 0 Å². The van der Waals surface area contributed by atoms with Gasteiger partial charge >= 0.3 is 0 Å². The lowest BCUT2D eigenvalue weighted by molar-refractivity contribution is 0.0525. The maximum atomic E-state index is 12.3. The molecule has 4 heteroatoms. The second-order valence-electron chi connectivity index (χ2n) is 4.49. The third-order valence-corrected chi connectivity index (χ3v) is 3.26. The molecule has 1 heterocycles. The van der Waals surface area contributed by atoms with E-state index < -0.39 is 0 Å². The Morgan fingerprint density at radius 3 is 2.88 bits per heavy atom. The molecule has 4 nitrogen and oxygen atoms in total. The van der Waals surface area contributed by atoms with Gasteiger partial charge in [0.25, 0.3) is 5.91 Å². The number of rotatable bonds is 4. The predicted molar refractivity (Wildman–Crippen MR) is 64.7 cm³/mol. The molecule has 17 heavy (non-hydrogen) atoms. The predicted octanol–water partition coefficient (Wildman–Crippen LogP) is 1.38. The zero-order chi connectivity index (χ0) is 12.3. The van der Waals surface area contributed by atoms with Crippen molar-refractivity contribution in [1.29, 1.82) is 0 Å². The van der Waals surface area contributed by atoms with E-state index in [1.165, 1.54) is 6.42 Å². The number of pyridine rings is 1. The molecule has 1 amide bonds. The minimum Gasteiger partial charge on any atom is -0.395 e. The van der Waals surface area contributed by atoms with Gasteiger partial charge in [-0.2, -0.15) is 0 Å². The number of hydrogen-bond donors (Lipinski definition) is 1. The van der Waals surface area contributed by atoms with Crippen LogP contribution >= 0.6 is 0 Å². The lowest BCUT2D eigenvalue weighted by Gasteiger charge is -2.37. The van der Waals surface area contributed by atoms with E-state index in [1.807, 2.05) is 6.92 Å². The Labute approximate surface area is 101 Å². The minimum absolute atomic E-state index is 0.00856. The van der Waals surface area contributed by atoms with E-state index in [4.69, 9.17) is 5.11 Å². The lowest BCUT2D eigenvalue weighted by atomic mass is 9.91. The molecule has 0 atom stereocenters. The number of aliphatic hydroxyl groups is 1. The van der Waals surface area contributed by atoms with Gasteiger partial charge in [0.1, 0.15) is 0 Å². The van der Waals surface area contributed by atoms with Gasteiger partial charge in [0.05, 0.1) is 6.61 Å². The van der Waals surface area contributed by atoms with E-state index in [-0.39, 0.29) is 12.5 Å². The van der Waals surface area contributed by atoms with Gasteiger partial charge in [-0.25, -0.2) is 0 Å². The third-order valence-electron chi connectivity index (χ3n) is 3.26. The van der Waals surface area contributed by atoms with E-state index in [2.05, 4.69) is 4.98 Å². The molecule has 1 fully saturated rings. The Kier molecular flexibility index (Phi) is 3.74. The van der Waals surface area contributed by atoms with Crippen LogP contribution in [0.2, 0.25) is 0 Å². The van der Waals surface area contributed by atoms with Crippen LogP contribution in [-0.2, 0) is 0 Å². The van der Waals surface area contributed by atoms with Crippen LogP contribution in [0, 0.1) is 6.92 Å². The molecular weight excluding hydrogens is 216 g/mol. The third kappa shape index (κ3) is 2.64. The largest absolute Gasteiger partial charge is 0.395 e. The number of nitrogens with zero attached hydrogens (tertiary/aromatic N) is 2. The zero-order valence-corrected chi connectivity index (χ0v) is 10.1. The fourth-order valence-electron chi connectivity index (χ4n) is 2.10. The first kappa shape index (κ1) is 12.0. The van der Waals surface area contributed by atoms with Crippen LogP contribution in [-0.4, -0.2) is 40.1 Å². The summed E-state index contributed by atoms with van der Waals surface area (Å²) >= 11 is 0. The number of aliphatic hydroxyl groups excluding tert-OH is 1. The van der Waals surface area contributed by atoms with E-state index in [0.717, 1.165) is 18.5 Å². The summed E-state index contributed by atoms with van der Waals surface area (Å²) in [4.78, 5) is 18.2. The number of amides is 1. The molecule has 1 aliphatic carbocycles.